The third kappa shape index (κ3) is 3.30. The van der Waals surface area contributed by atoms with Gasteiger partial charge in [-0.1, -0.05) is 18.8 Å². The summed E-state index contributed by atoms with van der Waals surface area (Å²) in [6.45, 7) is 6.73. The molecule has 0 aliphatic heterocycles. The number of nitrogens with zero attached hydrogens (tertiary/aromatic N) is 2. The van der Waals surface area contributed by atoms with Crippen LogP contribution in [0.2, 0.25) is 0 Å². The summed E-state index contributed by atoms with van der Waals surface area (Å²) in [4.78, 5) is 0. The zero-order valence-electron chi connectivity index (χ0n) is 8.17. The van der Waals surface area contributed by atoms with Crippen molar-refractivity contribution in [2.24, 2.45) is 0 Å². The van der Waals surface area contributed by atoms with Crippen LogP contribution in [0.4, 0.5) is 0 Å². The summed E-state index contributed by atoms with van der Waals surface area (Å²) in [5.41, 5.74) is 0.986. The van der Waals surface area contributed by atoms with Gasteiger partial charge in [0.05, 0.1) is 18.3 Å². The predicted molar refractivity (Wildman–Crippen MR) is 53.3 cm³/mol. The Morgan fingerprint density at radius 1 is 1.54 bits per heavy atom. The maximum Gasteiger partial charge on any atom is 0.0646 e. The average molecular weight is 177 g/mol. The molecule has 0 unspecified atom stereocenters. The molecule has 1 heterocycles. The van der Waals surface area contributed by atoms with Crippen molar-refractivity contribution in [2.45, 2.75) is 20.4 Å². The number of aromatic nitrogens is 2. The second-order valence-electron chi connectivity index (χ2n) is 2.67. The molecule has 0 spiro atoms. The molecule has 3 nitrogen and oxygen atoms in total. The van der Waals surface area contributed by atoms with Crippen molar-refractivity contribution >= 4 is 0 Å². The molecule has 0 amide bonds. The maximum absolute atomic E-state index is 4.13. The fraction of sp³-hybridized carbons (Fsp3) is 0.500. The molecular weight excluding hydrogens is 162 g/mol. The van der Waals surface area contributed by atoms with Crippen LogP contribution in [0.5, 0.6) is 0 Å². The van der Waals surface area contributed by atoms with Crippen molar-refractivity contribution in [2.75, 3.05) is 13.1 Å². The third-order valence-corrected chi connectivity index (χ3v) is 1.65. The van der Waals surface area contributed by atoms with Crippen molar-refractivity contribution in [3.8, 4) is 11.8 Å². The highest BCUT2D eigenvalue weighted by molar-refractivity contribution is 5.29. The lowest BCUT2D eigenvalue weighted by atomic mass is 10.3. The second kappa shape index (κ2) is 5.39. The fourth-order valence-electron chi connectivity index (χ4n) is 0.935. The van der Waals surface area contributed by atoms with Crippen LogP contribution in [0.15, 0.2) is 12.4 Å². The lowest BCUT2D eigenvalue weighted by molar-refractivity contribution is 0.660. The summed E-state index contributed by atoms with van der Waals surface area (Å²) in [5, 5.41) is 7.27. The Kier molecular flexibility index (Phi) is 4.07. The largest absolute Gasteiger partial charge is 0.306 e. The molecule has 0 aliphatic rings. The van der Waals surface area contributed by atoms with E-state index in [1.54, 1.807) is 6.20 Å². The molecule has 0 atom stereocenters. The molecule has 13 heavy (non-hydrogen) atoms. The van der Waals surface area contributed by atoms with Crippen molar-refractivity contribution in [3.05, 3.63) is 18.0 Å². The quantitative estimate of drug-likeness (QED) is 0.548. The first-order valence-electron chi connectivity index (χ1n) is 4.58. The van der Waals surface area contributed by atoms with E-state index < -0.39 is 0 Å². The van der Waals surface area contributed by atoms with E-state index >= 15 is 0 Å². The monoisotopic (exact) mass is 177 g/mol. The third-order valence-electron chi connectivity index (χ3n) is 1.65. The molecule has 70 valence electrons. The summed E-state index contributed by atoms with van der Waals surface area (Å²) >= 11 is 0. The number of rotatable bonds is 3. The zero-order chi connectivity index (χ0) is 9.52. The van der Waals surface area contributed by atoms with Crippen LogP contribution in [0.1, 0.15) is 19.4 Å². The van der Waals surface area contributed by atoms with Gasteiger partial charge in [0.15, 0.2) is 0 Å². The molecule has 0 aliphatic carbocycles. The van der Waals surface area contributed by atoms with E-state index in [1.807, 2.05) is 10.9 Å². The first-order valence-corrected chi connectivity index (χ1v) is 4.58. The van der Waals surface area contributed by atoms with Gasteiger partial charge in [0.25, 0.3) is 0 Å². The molecule has 0 fully saturated rings. The van der Waals surface area contributed by atoms with E-state index in [9.17, 15) is 0 Å². The van der Waals surface area contributed by atoms with Crippen LogP contribution >= 0.6 is 0 Å². The van der Waals surface area contributed by atoms with Crippen molar-refractivity contribution < 1.29 is 0 Å². The zero-order valence-corrected chi connectivity index (χ0v) is 8.17. The standard InChI is InChI=1S/C10H15N3/c1-3-11-7-5-6-10-8-12-13(4-2)9-10/h8-9,11H,3-4,7H2,1-2H3. The van der Waals surface area contributed by atoms with Crippen molar-refractivity contribution in [3.63, 3.8) is 0 Å². The molecule has 0 bridgehead atoms. The summed E-state index contributed by atoms with van der Waals surface area (Å²) in [5.74, 6) is 6.06. The van der Waals surface area contributed by atoms with Crippen LogP contribution in [0.3, 0.4) is 0 Å². The second-order valence-corrected chi connectivity index (χ2v) is 2.67. The van der Waals surface area contributed by atoms with Crippen LogP contribution in [0, 0.1) is 11.8 Å². The minimum atomic E-state index is 0.744. The van der Waals surface area contributed by atoms with Gasteiger partial charge in [0.2, 0.25) is 0 Å². The molecule has 0 radical (unpaired) electrons. The lowest BCUT2D eigenvalue weighted by Gasteiger charge is -1.89. The van der Waals surface area contributed by atoms with E-state index in [4.69, 9.17) is 0 Å². The van der Waals surface area contributed by atoms with Gasteiger partial charge in [-0.15, -0.1) is 0 Å². The van der Waals surface area contributed by atoms with E-state index in [-0.39, 0.29) is 0 Å². The van der Waals surface area contributed by atoms with Gasteiger partial charge < -0.3 is 5.32 Å². The average Bonchev–Trinajstić information content (AvgIpc) is 2.60. The van der Waals surface area contributed by atoms with Crippen LogP contribution < -0.4 is 5.32 Å². The summed E-state index contributed by atoms with van der Waals surface area (Å²) < 4.78 is 1.87. The molecule has 1 aromatic rings. The predicted octanol–water partition coefficient (Wildman–Crippen LogP) is 0.864. The highest BCUT2D eigenvalue weighted by atomic mass is 15.3. The van der Waals surface area contributed by atoms with Gasteiger partial charge >= 0.3 is 0 Å². The molecule has 1 N–H and O–H groups in total. The normalized spacial score (nSPS) is 9.38. The SMILES string of the molecule is CCNCC#Cc1cnn(CC)c1. The number of aryl methyl sites for hydroxylation is 1. The Bertz CT molecular complexity index is 303. The van der Waals surface area contributed by atoms with Gasteiger partial charge in [-0.05, 0) is 13.5 Å². The van der Waals surface area contributed by atoms with Crippen LogP contribution in [-0.2, 0) is 6.54 Å². The number of nitrogens with one attached hydrogen (secondary N) is 1. The number of hydrogen-bond donors (Lipinski definition) is 1. The molecule has 3 heteroatoms. The molecule has 0 saturated carbocycles. The highest BCUT2D eigenvalue weighted by Gasteiger charge is 1.90. The molecule has 0 aromatic carbocycles. The molecule has 1 aromatic heterocycles. The first kappa shape index (κ1) is 9.82. The Balaban J connectivity index is 2.46. The molecule has 1 rings (SSSR count). The maximum atomic E-state index is 4.13. The summed E-state index contributed by atoms with van der Waals surface area (Å²) in [6.07, 6.45) is 3.75. The van der Waals surface area contributed by atoms with Gasteiger partial charge in [-0.25, -0.2) is 0 Å². The molecule has 0 saturated heterocycles. The van der Waals surface area contributed by atoms with Gasteiger partial charge in [0, 0.05) is 12.7 Å². The smallest absolute Gasteiger partial charge is 0.0646 e. The van der Waals surface area contributed by atoms with E-state index in [2.05, 4.69) is 36.1 Å². The Morgan fingerprint density at radius 2 is 2.38 bits per heavy atom. The van der Waals surface area contributed by atoms with Crippen LogP contribution in [0.25, 0.3) is 0 Å². The highest BCUT2D eigenvalue weighted by Crippen LogP contribution is 1.93. The summed E-state index contributed by atoms with van der Waals surface area (Å²) in [7, 11) is 0. The minimum absolute atomic E-state index is 0.744. The van der Waals surface area contributed by atoms with Gasteiger partial charge in [-0.2, -0.15) is 5.10 Å². The van der Waals surface area contributed by atoms with Gasteiger partial charge in [-0.3, -0.25) is 4.68 Å². The van der Waals surface area contributed by atoms with Crippen LogP contribution in [-0.4, -0.2) is 22.9 Å². The summed E-state index contributed by atoms with van der Waals surface area (Å²) in [6, 6.07) is 0. The first-order chi connectivity index (χ1) is 6.36. The lowest BCUT2D eigenvalue weighted by Crippen LogP contribution is -2.11. The van der Waals surface area contributed by atoms with E-state index in [0.717, 1.165) is 25.2 Å². The Hall–Kier alpha value is -1.27. The topological polar surface area (TPSA) is 29.9 Å². The van der Waals surface area contributed by atoms with E-state index in [1.165, 1.54) is 0 Å². The van der Waals surface area contributed by atoms with Crippen molar-refractivity contribution in [1.82, 2.24) is 15.1 Å². The minimum Gasteiger partial charge on any atom is -0.306 e. The van der Waals surface area contributed by atoms with E-state index in [0.29, 0.717) is 0 Å². The Morgan fingerprint density at radius 3 is 3.00 bits per heavy atom. The Labute approximate surface area is 79.1 Å². The van der Waals surface area contributed by atoms with Crippen molar-refractivity contribution in [1.29, 1.82) is 0 Å². The fourth-order valence-corrected chi connectivity index (χ4v) is 0.935. The molecular formula is C10H15N3. The van der Waals surface area contributed by atoms with Gasteiger partial charge in [0.1, 0.15) is 0 Å². The number of hydrogen-bond acceptors (Lipinski definition) is 2.